The molecule has 0 heterocycles. The van der Waals surface area contributed by atoms with Crippen LogP contribution in [0.3, 0.4) is 0 Å². The predicted molar refractivity (Wildman–Crippen MR) is 184 cm³/mol. The minimum absolute atomic E-state index is 0.381. The van der Waals surface area contributed by atoms with Gasteiger partial charge in [-0.25, -0.2) is 0 Å². The van der Waals surface area contributed by atoms with Crippen molar-refractivity contribution >= 4 is 0 Å². The zero-order valence-corrected chi connectivity index (χ0v) is 27.6. The largest absolute Gasteiger partial charge is 0.330 e. The lowest BCUT2D eigenvalue weighted by Gasteiger charge is -2.35. The topological polar surface area (TPSA) is 26.0 Å². The van der Waals surface area contributed by atoms with Gasteiger partial charge in [-0.1, -0.05) is 133 Å². The van der Waals surface area contributed by atoms with E-state index in [1.165, 1.54) is 104 Å². The highest BCUT2D eigenvalue weighted by Crippen LogP contribution is 2.47. The molecule has 2 N–H and O–H groups in total. The van der Waals surface area contributed by atoms with Crippen LogP contribution in [0, 0.1) is 17.3 Å². The van der Waals surface area contributed by atoms with E-state index in [0.29, 0.717) is 23.2 Å². The van der Waals surface area contributed by atoms with Crippen LogP contribution in [0.15, 0.2) is 84.5 Å². The summed E-state index contributed by atoms with van der Waals surface area (Å²) in [7, 11) is 0. The Bertz CT molecular complexity index is 1010. The van der Waals surface area contributed by atoms with Crippen molar-refractivity contribution in [3.05, 3.63) is 95.6 Å². The molecular formula is C40H63N. The highest BCUT2D eigenvalue weighted by atomic mass is 14.6. The third kappa shape index (κ3) is 10.6. The monoisotopic (exact) mass is 557 g/mol. The molecule has 0 aliphatic heterocycles. The number of nitrogens with two attached hydrogens (primary N) is 1. The molecule has 2 saturated carbocycles. The van der Waals surface area contributed by atoms with Crippen LogP contribution in [0.25, 0.3) is 0 Å². The highest BCUT2D eigenvalue weighted by Gasteiger charge is 2.33. The molecular weight excluding hydrogens is 494 g/mol. The molecule has 0 radical (unpaired) electrons. The van der Waals surface area contributed by atoms with Crippen molar-refractivity contribution in [3.8, 4) is 0 Å². The lowest BCUT2D eigenvalue weighted by molar-refractivity contribution is 0.336. The number of allylic oxidation sites excluding steroid dienone is 6. The summed E-state index contributed by atoms with van der Waals surface area (Å²) in [5.41, 5.74) is 15.2. The van der Waals surface area contributed by atoms with E-state index in [4.69, 9.17) is 5.73 Å². The number of hydrogen-bond donors (Lipinski definition) is 1. The van der Waals surface area contributed by atoms with Crippen molar-refractivity contribution in [2.45, 2.75) is 130 Å². The number of unbranched alkanes of at least 4 members (excludes halogenated alkanes) is 1. The Morgan fingerprint density at radius 3 is 2.32 bits per heavy atom. The summed E-state index contributed by atoms with van der Waals surface area (Å²) in [4.78, 5) is 0. The van der Waals surface area contributed by atoms with Crippen LogP contribution in [0.4, 0.5) is 0 Å². The molecule has 0 bridgehead atoms. The van der Waals surface area contributed by atoms with Crippen molar-refractivity contribution in [1.29, 1.82) is 0 Å². The highest BCUT2D eigenvalue weighted by molar-refractivity contribution is 5.30. The molecule has 0 saturated heterocycles. The van der Waals surface area contributed by atoms with Gasteiger partial charge in [0.25, 0.3) is 0 Å². The summed E-state index contributed by atoms with van der Waals surface area (Å²) in [5, 5.41) is 0. The van der Waals surface area contributed by atoms with E-state index in [-0.39, 0.29) is 0 Å². The van der Waals surface area contributed by atoms with Gasteiger partial charge in [0.1, 0.15) is 0 Å². The molecule has 3 aliphatic rings. The molecule has 4 atom stereocenters. The zero-order chi connectivity index (χ0) is 30.3. The fourth-order valence-corrected chi connectivity index (χ4v) is 6.94. The number of hydrogen-bond acceptors (Lipinski definition) is 1. The van der Waals surface area contributed by atoms with Crippen molar-refractivity contribution in [2.75, 3.05) is 6.54 Å². The van der Waals surface area contributed by atoms with Crippen molar-refractivity contribution in [1.82, 2.24) is 0 Å². The average molecular weight is 558 g/mol. The summed E-state index contributed by atoms with van der Waals surface area (Å²) in [5.74, 6) is 1.68. The SMILES string of the molecule is C=C(C[C@@H](CN)C1=CCCC=C1)C1CCCC[C@H]1c1ccc(CC)cc1.C=C1CCC(C)(C(=C)CCCC)C1.CC. The molecule has 1 nitrogen and oxygen atoms in total. The van der Waals surface area contributed by atoms with Crippen molar-refractivity contribution in [3.63, 3.8) is 0 Å². The standard InChI is InChI=1S/C25H35N.C13H22.C2H6/c1-3-20-13-15-22(16-14-20)25-12-8-7-11-24(25)19(2)17-23(18-26)21-9-5-4-6-10-21;1-5-6-7-12(3)13(4)9-8-11(2)10-13;1-2/h5,9-10,13-16,23-25H,2-4,6-8,11-12,17-18,26H2,1H3;2-3,5-10H2,1,4H3;1-2H3/t23-,24?,25-;;/m0../s1. The van der Waals surface area contributed by atoms with Gasteiger partial charge in [-0.05, 0) is 117 Å². The Hall–Kier alpha value is -2.12. The molecule has 41 heavy (non-hydrogen) atoms. The van der Waals surface area contributed by atoms with Crippen LogP contribution in [-0.4, -0.2) is 6.54 Å². The predicted octanol–water partition coefficient (Wildman–Crippen LogP) is 11.8. The smallest absolute Gasteiger partial charge is 0.000493 e. The van der Waals surface area contributed by atoms with E-state index in [9.17, 15) is 0 Å². The van der Waals surface area contributed by atoms with E-state index >= 15 is 0 Å². The first kappa shape index (κ1) is 35.1. The Kier molecular flexibility index (Phi) is 15.8. The van der Waals surface area contributed by atoms with Crippen LogP contribution in [0.2, 0.25) is 0 Å². The molecule has 2 fully saturated rings. The Morgan fingerprint density at radius 2 is 1.76 bits per heavy atom. The summed E-state index contributed by atoms with van der Waals surface area (Å²) >= 11 is 0. The van der Waals surface area contributed by atoms with Crippen LogP contribution < -0.4 is 5.73 Å². The van der Waals surface area contributed by atoms with Gasteiger partial charge in [0.2, 0.25) is 0 Å². The van der Waals surface area contributed by atoms with Gasteiger partial charge in [-0.15, -0.1) is 0 Å². The minimum Gasteiger partial charge on any atom is -0.330 e. The summed E-state index contributed by atoms with van der Waals surface area (Å²) in [6, 6.07) is 9.35. The summed E-state index contributed by atoms with van der Waals surface area (Å²) in [6.45, 7) is 24.4. The van der Waals surface area contributed by atoms with E-state index < -0.39 is 0 Å². The maximum atomic E-state index is 6.14. The molecule has 1 aromatic rings. The first-order valence-electron chi connectivity index (χ1n) is 17.0. The summed E-state index contributed by atoms with van der Waals surface area (Å²) in [6.07, 6.45) is 24.1. The van der Waals surface area contributed by atoms with Gasteiger partial charge in [-0.2, -0.15) is 0 Å². The summed E-state index contributed by atoms with van der Waals surface area (Å²) < 4.78 is 0. The third-order valence-corrected chi connectivity index (χ3v) is 9.75. The molecule has 2 unspecified atom stereocenters. The second-order valence-electron chi connectivity index (χ2n) is 12.8. The normalized spacial score (nSPS) is 24.3. The van der Waals surface area contributed by atoms with Crippen LogP contribution in [-0.2, 0) is 6.42 Å². The zero-order valence-electron chi connectivity index (χ0n) is 27.6. The van der Waals surface area contributed by atoms with Gasteiger partial charge in [0.15, 0.2) is 0 Å². The molecule has 0 amide bonds. The molecule has 1 aromatic carbocycles. The lowest BCUT2D eigenvalue weighted by Crippen LogP contribution is -2.24. The number of rotatable bonds is 11. The molecule has 0 aromatic heterocycles. The van der Waals surface area contributed by atoms with Crippen LogP contribution in [0.1, 0.15) is 135 Å². The van der Waals surface area contributed by atoms with Crippen LogP contribution >= 0.6 is 0 Å². The van der Waals surface area contributed by atoms with Gasteiger partial charge >= 0.3 is 0 Å². The maximum Gasteiger partial charge on any atom is -0.000493 e. The first-order valence-corrected chi connectivity index (χ1v) is 17.0. The molecule has 1 heteroatoms. The Labute approximate surface area is 255 Å². The fourth-order valence-electron chi connectivity index (χ4n) is 6.94. The third-order valence-electron chi connectivity index (χ3n) is 9.75. The molecule has 4 rings (SSSR count). The fraction of sp³-hybridized carbons (Fsp3) is 0.600. The molecule has 228 valence electrons. The second kappa shape index (κ2) is 18.4. The van der Waals surface area contributed by atoms with Crippen molar-refractivity contribution < 1.29 is 0 Å². The van der Waals surface area contributed by atoms with Crippen LogP contribution in [0.5, 0.6) is 0 Å². The Balaban J connectivity index is 0.000000330. The Morgan fingerprint density at radius 1 is 1.05 bits per heavy atom. The quantitative estimate of drug-likeness (QED) is 0.269. The minimum atomic E-state index is 0.381. The number of aryl methyl sites for hydroxylation is 1. The van der Waals surface area contributed by atoms with Gasteiger partial charge in [0, 0.05) is 0 Å². The average Bonchev–Trinajstić information content (AvgIpc) is 3.39. The second-order valence-corrected chi connectivity index (χ2v) is 12.8. The van der Waals surface area contributed by atoms with E-state index in [0.717, 1.165) is 25.8 Å². The van der Waals surface area contributed by atoms with Gasteiger partial charge in [-0.3, -0.25) is 0 Å². The first-order chi connectivity index (χ1) is 19.8. The van der Waals surface area contributed by atoms with E-state index in [1.807, 2.05) is 13.8 Å². The van der Waals surface area contributed by atoms with Gasteiger partial charge < -0.3 is 5.73 Å². The van der Waals surface area contributed by atoms with Gasteiger partial charge in [0.05, 0.1) is 0 Å². The molecule has 0 spiro atoms. The molecule has 3 aliphatic carbocycles. The van der Waals surface area contributed by atoms with E-state index in [2.05, 4.69) is 83.0 Å². The lowest BCUT2D eigenvalue weighted by atomic mass is 9.70. The maximum absolute atomic E-state index is 6.14. The van der Waals surface area contributed by atoms with Crippen molar-refractivity contribution in [2.24, 2.45) is 23.0 Å². The van der Waals surface area contributed by atoms with E-state index in [1.54, 1.807) is 0 Å². The number of benzene rings is 1.